The van der Waals surface area contributed by atoms with Crippen LogP contribution in [0.4, 0.5) is 0 Å². The number of aliphatic hydroxyl groups excluding tert-OH is 1. The fourth-order valence-corrected chi connectivity index (χ4v) is 5.38. The number of fused-ring (bicyclic) bond motifs is 4. The molecule has 1 N–H and O–H groups in total. The lowest BCUT2D eigenvalue weighted by Crippen LogP contribution is -2.30. The SMILES string of the molecule is C=CC(=O)OC(C)(C)C.CC(C)(C)OC(=O)C1CC2C=CC1C2.O=C(OCCO)C1CC2C=CC1C2.O=C1C=CC(=O)O1. The molecular weight excluding hydrogens is 556 g/mol. The van der Waals surface area contributed by atoms with Crippen molar-refractivity contribution in [1.82, 2.24) is 0 Å². The summed E-state index contributed by atoms with van der Waals surface area (Å²) in [4.78, 5) is 53.6. The molecule has 1 heterocycles. The highest BCUT2D eigenvalue weighted by Crippen LogP contribution is 2.45. The summed E-state index contributed by atoms with van der Waals surface area (Å²) in [5.41, 5.74) is -0.742. The summed E-state index contributed by atoms with van der Waals surface area (Å²) in [5, 5.41) is 8.50. The van der Waals surface area contributed by atoms with Gasteiger partial charge in [0.2, 0.25) is 0 Å². The summed E-state index contributed by atoms with van der Waals surface area (Å²) in [6, 6.07) is 0. The Balaban J connectivity index is 0.000000207. The summed E-state index contributed by atoms with van der Waals surface area (Å²) in [6.45, 7) is 14.5. The van der Waals surface area contributed by atoms with Crippen molar-refractivity contribution in [3.05, 3.63) is 49.1 Å². The van der Waals surface area contributed by atoms with E-state index < -0.39 is 17.5 Å². The van der Waals surface area contributed by atoms with Crippen LogP contribution in [0.15, 0.2) is 49.1 Å². The van der Waals surface area contributed by atoms with E-state index in [1.165, 1.54) is 0 Å². The van der Waals surface area contributed by atoms with Crippen LogP contribution in [-0.4, -0.2) is 59.4 Å². The number of aliphatic hydroxyl groups is 1. The van der Waals surface area contributed by atoms with E-state index in [-0.39, 0.29) is 48.6 Å². The number of carbonyl (C=O) groups excluding carboxylic acids is 5. The van der Waals surface area contributed by atoms with E-state index in [0.29, 0.717) is 23.7 Å². The van der Waals surface area contributed by atoms with Crippen molar-refractivity contribution < 1.29 is 48.0 Å². The summed E-state index contributed by atoms with van der Waals surface area (Å²) < 4.78 is 19.1. The quantitative estimate of drug-likeness (QED) is 0.158. The number of hydrogen-bond donors (Lipinski definition) is 1. The highest BCUT2D eigenvalue weighted by molar-refractivity contribution is 6.04. The molecule has 5 rings (SSSR count). The molecule has 1 aliphatic heterocycles. The van der Waals surface area contributed by atoms with Gasteiger partial charge in [-0.15, -0.1) is 0 Å². The largest absolute Gasteiger partial charge is 0.463 e. The van der Waals surface area contributed by atoms with Crippen LogP contribution in [0.2, 0.25) is 0 Å². The molecule has 0 aromatic heterocycles. The molecule has 43 heavy (non-hydrogen) atoms. The molecule has 6 unspecified atom stereocenters. The molecule has 2 fully saturated rings. The first-order chi connectivity index (χ1) is 20.0. The Kier molecular flexibility index (Phi) is 13.1. The second-order valence-corrected chi connectivity index (χ2v) is 13.0. The summed E-state index contributed by atoms with van der Waals surface area (Å²) in [6.07, 6.45) is 16.3. The molecule has 4 aliphatic carbocycles. The first kappa shape index (κ1) is 35.7. The van der Waals surface area contributed by atoms with Gasteiger partial charge in [-0.05, 0) is 90.9 Å². The number of esters is 5. The third-order valence-corrected chi connectivity index (χ3v) is 7.04. The van der Waals surface area contributed by atoms with E-state index in [0.717, 1.165) is 43.9 Å². The number of rotatable bonds is 5. The zero-order valence-electron chi connectivity index (χ0n) is 26.1. The van der Waals surface area contributed by atoms with E-state index in [4.69, 9.17) is 19.3 Å². The smallest absolute Gasteiger partial charge is 0.338 e. The Morgan fingerprint density at radius 3 is 1.56 bits per heavy atom. The number of carbonyl (C=O) groups is 5. The van der Waals surface area contributed by atoms with Crippen molar-refractivity contribution in [1.29, 1.82) is 0 Å². The van der Waals surface area contributed by atoms with E-state index in [1.807, 2.05) is 41.5 Å². The molecule has 0 aromatic rings. The van der Waals surface area contributed by atoms with Crippen LogP contribution in [0.3, 0.4) is 0 Å². The summed E-state index contributed by atoms with van der Waals surface area (Å²) in [7, 11) is 0. The minimum atomic E-state index is -0.579. The highest BCUT2D eigenvalue weighted by atomic mass is 16.6. The van der Waals surface area contributed by atoms with Crippen LogP contribution in [0.5, 0.6) is 0 Å². The minimum absolute atomic E-state index is 0.00523. The van der Waals surface area contributed by atoms with E-state index >= 15 is 0 Å². The van der Waals surface area contributed by atoms with Gasteiger partial charge in [-0.2, -0.15) is 0 Å². The summed E-state index contributed by atoms with van der Waals surface area (Å²) in [5.74, 6) is 0.601. The van der Waals surface area contributed by atoms with Gasteiger partial charge in [-0.3, -0.25) is 9.59 Å². The first-order valence-electron chi connectivity index (χ1n) is 14.7. The predicted octanol–water partition coefficient (Wildman–Crippen LogP) is 4.41. The highest BCUT2D eigenvalue weighted by Gasteiger charge is 2.42. The fourth-order valence-electron chi connectivity index (χ4n) is 5.38. The molecule has 10 heteroatoms. The summed E-state index contributed by atoms with van der Waals surface area (Å²) >= 11 is 0. The molecule has 0 amide bonds. The van der Waals surface area contributed by atoms with Crippen LogP contribution in [0, 0.1) is 35.5 Å². The average molecular weight is 603 g/mol. The molecule has 6 atom stereocenters. The molecule has 4 bridgehead atoms. The second-order valence-electron chi connectivity index (χ2n) is 13.0. The number of cyclic esters (lactones) is 2. The third-order valence-electron chi connectivity index (χ3n) is 7.04. The fraction of sp³-hybridized carbons (Fsp3) is 0.606. The molecule has 238 valence electrons. The van der Waals surface area contributed by atoms with Crippen LogP contribution in [0.25, 0.3) is 0 Å². The Morgan fingerprint density at radius 2 is 1.28 bits per heavy atom. The lowest BCUT2D eigenvalue weighted by Gasteiger charge is -2.24. The molecule has 0 aromatic carbocycles. The maximum Gasteiger partial charge on any atom is 0.338 e. The number of allylic oxidation sites excluding steroid dienone is 4. The Bertz CT molecular complexity index is 1100. The van der Waals surface area contributed by atoms with Crippen molar-refractivity contribution in [2.24, 2.45) is 35.5 Å². The predicted molar refractivity (Wildman–Crippen MR) is 158 cm³/mol. The van der Waals surface area contributed by atoms with Gasteiger partial charge in [0.05, 0.1) is 18.4 Å². The van der Waals surface area contributed by atoms with Crippen molar-refractivity contribution in [2.75, 3.05) is 13.2 Å². The van der Waals surface area contributed by atoms with Crippen molar-refractivity contribution in [3.63, 3.8) is 0 Å². The van der Waals surface area contributed by atoms with Crippen molar-refractivity contribution in [3.8, 4) is 0 Å². The van der Waals surface area contributed by atoms with Crippen molar-refractivity contribution in [2.45, 2.75) is 78.4 Å². The monoisotopic (exact) mass is 602 g/mol. The van der Waals surface area contributed by atoms with Gasteiger partial charge in [0, 0.05) is 18.2 Å². The minimum Gasteiger partial charge on any atom is -0.463 e. The van der Waals surface area contributed by atoms with E-state index in [1.54, 1.807) is 0 Å². The van der Waals surface area contributed by atoms with Gasteiger partial charge in [0.1, 0.15) is 17.8 Å². The topological polar surface area (TPSA) is 142 Å². The number of hydrogen-bond acceptors (Lipinski definition) is 10. The van der Waals surface area contributed by atoms with Crippen LogP contribution in [-0.2, 0) is 42.9 Å². The van der Waals surface area contributed by atoms with Gasteiger partial charge < -0.3 is 24.1 Å². The van der Waals surface area contributed by atoms with Gasteiger partial charge in [-0.1, -0.05) is 30.9 Å². The normalized spacial score (nSPS) is 27.1. The Hall–Kier alpha value is -3.53. The van der Waals surface area contributed by atoms with Crippen LogP contribution < -0.4 is 0 Å². The lowest BCUT2D eigenvalue weighted by atomic mass is 9.93. The zero-order valence-corrected chi connectivity index (χ0v) is 26.1. The molecule has 0 saturated heterocycles. The zero-order chi connectivity index (χ0) is 32.4. The van der Waals surface area contributed by atoms with Crippen molar-refractivity contribution >= 4 is 29.8 Å². The third kappa shape index (κ3) is 12.7. The van der Waals surface area contributed by atoms with E-state index in [2.05, 4.69) is 35.6 Å². The molecule has 10 nitrogen and oxygen atoms in total. The first-order valence-corrected chi connectivity index (χ1v) is 14.7. The molecular formula is C33H46O10. The van der Waals surface area contributed by atoms with Gasteiger partial charge >= 0.3 is 29.8 Å². The average Bonchev–Trinajstić information content (AvgIpc) is 3.74. The standard InChI is InChI=1S/C12H18O2.C10H14O3.C7H12O2.C4H2O3/c1-12(2,3)14-11(13)10-7-8-4-5-9(10)6-8;11-3-4-13-10(12)9-6-7-1-2-8(9)5-7;1-5-6(8)9-7(2,3)4;5-3-1-2-4(6)7-3/h4-5,8-10H,6-7H2,1-3H3;1-2,7-9,11H,3-6H2;5H,1H2,2-4H3;1-2H. The molecule has 0 spiro atoms. The molecule has 0 radical (unpaired) electrons. The van der Waals surface area contributed by atoms with Crippen LogP contribution >= 0.6 is 0 Å². The lowest BCUT2D eigenvalue weighted by molar-refractivity contribution is -0.161. The number of ether oxygens (including phenoxy) is 4. The van der Waals surface area contributed by atoms with Gasteiger partial charge in [0.15, 0.2) is 0 Å². The maximum absolute atomic E-state index is 11.8. The Labute approximate surface area is 254 Å². The maximum atomic E-state index is 11.8. The van der Waals surface area contributed by atoms with Crippen LogP contribution in [0.1, 0.15) is 67.2 Å². The molecule has 5 aliphatic rings. The van der Waals surface area contributed by atoms with E-state index in [9.17, 15) is 24.0 Å². The Morgan fingerprint density at radius 1 is 0.814 bits per heavy atom. The molecule has 2 saturated carbocycles. The second kappa shape index (κ2) is 15.8. The van der Waals surface area contributed by atoms with Gasteiger partial charge in [0.25, 0.3) is 0 Å². The van der Waals surface area contributed by atoms with Gasteiger partial charge in [-0.25, -0.2) is 14.4 Å².